The van der Waals surface area contributed by atoms with Crippen molar-refractivity contribution in [2.45, 2.75) is 33.2 Å². The fourth-order valence-electron chi connectivity index (χ4n) is 2.41. The van der Waals surface area contributed by atoms with Gasteiger partial charge in [-0.1, -0.05) is 32.0 Å². The second-order valence-electron chi connectivity index (χ2n) is 5.48. The van der Waals surface area contributed by atoms with Crippen LogP contribution in [-0.4, -0.2) is 35.5 Å². The van der Waals surface area contributed by atoms with Gasteiger partial charge in [0, 0.05) is 17.6 Å². The van der Waals surface area contributed by atoms with Crippen molar-refractivity contribution in [1.29, 1.82) is 0 Å². The number of anilines is 1. The summed E-state index contributed by atoms with van der Waals surface area (Å²) in [6.45, 7) is 5.03. The first-order valence-corrected chi connectivity index (χ1v) is 9.13. The SMILES string of the molecule is CCCN(Cc1nc(C(=O)OC)cs1)C(=O)Nc1ccccc1CC. The molecule has 25 heavy (non-hydrogen) atoms. The van der Waals surface area contributed by atoms with Crippen LogP contribution in [0.15, 0.2) is 29.6 Å². The monoisotopic (exact) mass is 361 g/mol. The molecule has 0 bridgehead atoms. The van der Waals surface area contributed by atoms with Gasteiger partial charge in [-0.3, -0.25) is 0 Å². The third-order valence-electron chi connectivity index (χ3n) is 3.69. The molecule has 0 saturated heterocycles. The smallest absolute Gasteiger partial charge is 0.357 e. The summed E-state index contributed by atoms with van der Waals surface area (Å²) in [4.78, 5) is 30.1. The van der Waals surface area contributed by atoms with Gasteiger partial charge in [0.15, 0.2) is 5.69 Å². The summed E-state index contributed by atoms with van der Waals surface area (Å²) in [6, 6.07) is 7.60. The lowest BCUT2D eigenvalue weighted by Crippen LogP contribution is -2.35. The minimum Gasteiger partial charge on any atom is -0.464 e. The Morgan fingerprint density at radius 1 is 1.28 bits per heavy atom. The highest BCUT2D eigenvalue weighted by Gasteiger charge is 2.18. The van der Waals surface area contributed by atoms with Crippen LogP contribution in [0, 0.1) is 0 Å². The highest BCUT2D eigenvalue weighted by Crippen LogP contribution is 2.18. The van der Waals surface area contributed by atoms with Gasteiger partial charge in [-0.15, -0.1) is 11.3 Å². The number of para-hydroxylation sites is 1. The van der Waals surface area contributed by atoms with Gasteiger partial charge in [-0.25, -0.2) is 14.6 Å². The van der Waals surface area contributed by atoms with Crippen LogP contribution in [0.1, 0.15) is 41.3 Å². The normalized spacial score (nSPS) is 10.4. The van der Waals surface area contributed by atoms with Crippen LogP contribution in [0.25, 0.3) is 0 Å². The molecule has 0 saturated carbocycles. The van der Waals surface area contributed by atoms with E-state index in [1.54, 1.807) is 10.3 Å². The molecular formula is C18H23N3O3S. The van der Waals surface area contributed by atoms with Gasteiger partial charge in [0.05, 0.1) is 13.7 Å². The van der Waals surface area contributed by atoms with Crippen molar-refractivity contribution in [1.82, 2.24) is 9.88 Å². The Labute approximate surface area is 151 Å². The minimum absolute atomic E-state index is 0.169. The maximum absolute atomic E-state index is 12.7. The van der Waals surface area contributed by atoms with Crippen molar-refractivity contribution in [2.75, 3.05) is 19.0 Å². The third-order valence-corrected chi connectivity index (χ3v) is 4.53. The number of amides is 2. The number of esters is 1. The number of thiazole rings is 1. The Bertz CT molecular complexity index is 730. The standard InChI is InChI=1S/C18H23N3O3S/c1-4-10-21(11-16-19-15(12-25-16)17(22)24-3)18(23)20-14-9-7-6-8-13(14)5-2/h6-9,12H,4-5,10-11H2,1-3H3,(H,20,23). The van der Waals surface area contributed by atoms with Gasteiger partial charge < -0.3 is 15.0 Å². The molecule has 2 rings (SSSR count). The molecule has 0 unspecified atom stereocenters. The average Bonchev–Trinajstić information content (AvgIpc) is 3.09. The van der Waals surface area contributed by atoms with Crippen LogP contribution in [0.4, 0.5) is 10.5 Å². The molecule has 0 aliphatic rings. The summed E-state index contributed by atoms with van der Waals surface area (Å²) >= 11 is 1.35. The number of hydrogen-bond acceptors (Lipinski definition) is 5. The maximum Gasteiger partial charge on any atom is 0.357 e. The zero-order chi connectivity index (χ0) is 18.2. The van der Waals surface area contributed by atoms with E-state index in [-0.39, 0.29) is 11.7 Å². The quantitative estimate of drug-likeness (QED) is 0.758. The van der Waals surface area contributed by atoms with Gasteiger partial charge >= 0.3 is 12.0 Å². The number of methoxy groups -OCH3 is 1. The van der Waals surface area contributed by atoms with E-state index in [0.717, 1.165) is 24.1 Å². The van der Waals surface area contributed by atoms with Crippen molar-refractivity contribution in [3.63, 3.8) is 0 Å². The summed E-state index contributed by atoms with van der Waals surface area (Å²) in [7, 11) is 1.32. The number of aromatic nitrogens is 1. The molecule has 1 aromatic heterocycles. The molecule has 1 aromatic carbocycles. The molecule has 1 N–H and O–H groups in total. The fraction of sp³-hybridized carbons (Fsp3) is 0.389. The predicted octanol–water partition coefficient (Wildman–Crippen LogP) is 3.94. The number of rotatable bonds is 7. The fourth-order valence-corrected chi connectivity index (χ4v) is 3.19. The zero-order valence-corrected chi connectivity index (χ0v) is 15.6. The molecule has 7 heteroatoms. The lowest BCUT2D eigenvalue weighted by molar-refractivity contribution is 0.0594. The zero-order valence-electron chi connectivity index (χ0n) is 14.7. The van der Waals surface area contributed by atoms with Crippen LogP contribution in [0.5, 0.6) is 0 Å². The van der Waals surface area contributed by atoms with Crippen LogP contribution in [0.2, 0.25) is 0 Å². The lowest BCUT2D eigenvalue weighted by Gasteiger charge is -2.22. The number of aryl methyl sites for hydroxylation is 1. The average molecular weight is 361 g/mol. The van der Waals surface area contributed by atoms with Gasteiger partial charge in [0.25, 0.3) is 0 Å². The van der Waals surface area contributed by atoms with Crippen molar-refractivity contribution < 1.29 is 14.3 Å². The molecule has 0 spiro atoms. The summed E-state index contributed by atoms with van der Waals surface area (Å²) in [5, 5.41) is 5.33. The van der Waals surface area contributed by atoms with E-state index in [9.17, 15) is 9.59 Å². The maximum atomic E-state index is 12.7. The molecule has 0 radical (unpaired) electrons. The first-order valence-electron chi connectivity index (χ1n) is 8.25. The van der Waals surface area contributed by atoms with Crippen molar-refractivity contribution in [2.24, 2.45) is 0 Å². The Kier molecular flexibility index (Phi) is 6.94. The highest BCUT2D eigenvalue weighted by atomic mass is 32.1. The first-order chi connectivity index (χ1) is 12.1. The van der Waals surface area contributed by atoms with Crippen LogP contribution in [-0.2, 0) is 17.7 Å². The summed E-state index contributed by atoms with van der Waals surface area (Å²) in [5.41, 5.74) is 2.19. The molecule has 0 aliphatic carbocycles. The van der Waals surface area contributed by atoms with Crippen LogP contribution < -0.4 is 5.32 Å². The van der Waals surface area contributed by atoms with E-state index < -0.39 is 5.97 Å². The van der Waals surface area contributed by atoms with E-state index in [4.69, 9.17) is 0 Å². The van der Waals surface area contributed by atoms with Gasteiger partial charge in [0.1, 0.15) is 5.01 Å². The number of carbonyl (C=O) groups excluding carboxylic acids is 2. The van der Waals surface area contributed by atoms with E-state index in [0.29, 0.717) is 18.1 Å². The summed E-state index contributed by atoms with van der Waals surface area (Å²) < 4.78 is 4.67. The Morgan fingerprint density at radius 2 is 2.04 bits per heavy atom. The van der Waals surface area contributed by atoms with Gasteiger partial charge in [-0.05, 0) is 24.5 Å². The van der Waals surface area contributed by atoms with E-state index in [1.165, 1.54) is 18.4 Å². The molecule has 0 aliphatic heterocycles. The van der Waals surface area contributed by atoms with E-state index >= 15 is 0 Å². The van der Waals surface area contributed by atoms with Crippen LogP contribution in [0.3, 0.4) is 0 Å². The highest BCUT2D eigenvalue weighted by molar-refractivity contribution is 7.09. The van der Waals surface area contributed by atoms with Crippen molar-refractivity contribution in [3.05, 3.63) is 45.9 Å². The number of urea groups is 1. The topological polar surface area (TPSA) is 71.5 Å². The summed E-state index contributed by atoms with van der Waals surface area (Å²) in [6.07, 6.45) is 1.68. The number of benzene rings is 1. The van der Waals surface area contributed by atoms with E-state index in [1.807, 2.05) is 31.2 Å². The second kappa shape index (κ2) is 9.17. The van der Waals surface area contributed by atoms with E-state index in [2.05, 4.69) is 22.0 Å². The second-order valence-corrected chi connectivity index (χ2v) is 6.42. The number of carbonyl (C=O) groups is 2. The Balaban J connectivity index is 2.10. The van der Waals surface area contributed by atoms with Crippen LogP contribution >= 0.6 is 11.3 Å². The minimum atomic E-state index is -0.467. The summed E-state index contributed by atoms with van der Waals surface area (Å²) in [5.74, 6) is -0.467. The number of hydrogen-bond donors (Lipinski definition) is 1. The molecule has 0 fully saturated rings. The lowest BCUT2D eigenvalue weighted by atomic mass is 10.1. The molecule has 2 aromatic rings. The molecule has 0 atom stereocenters. The number of nitrogens with zero attached hydrogens (tertiary/aromatic N) is 2. The molecule has 134 valence electrons. The number of ether oxygens (including phenoxy) is 1. The number of nitrogens with one attached hydrogen (secondary N) is 1. The largest absolute Gasteiger partial charge is 0.464 e. The van der Waals surface area contributed by atoms with Gasteiger partial charge in [0.2, 0.25) is 0 Å². The Morgan fingerprint density at radius 3 is 2.72 bits per heavy atom. The van der Waals surface area contributed by atoms with Gasteiger partial charge in [-0.2, -0.15) is 0 Å². The van der Waals surface area contributed by atoms with Crippen molar-refractivity contribution >= 4 is 29.0 Å². The third kappa shape index (κ3) is 5.03. The molecule has 2 amide bonds. The first kappa shape index (κ1) is 18.9. The molecule has 6 nitrogen and oxygen atoms in total. The molecule has 1 heterocycles. The molecular weight excluding hydrogens is 338 g/mol. The Hall–Kier alpha value is -2.41. The predicted molar refractivity (Wildman–Crippen MR) is 99.0 cm³/mol. The van der Waals surface area contributed by atoms with Crippen molar-refractivity contribution in [3.8, 4) is 0 Å².